The van der Waals surface area contributed by atoms with Gasteiger partial charge in [0.15, 0.2) is 5.82 Å². The maximum atomic E-state index is 12.5. The number of rotatable bonds is 3. The molecule has 0 bridgehead atoms. The first-order chi connectivity index (χ1) is 11.5. The van der Waals surface area contributed by atoms with Gasteiger partial charge in [0.2, 0.25) is 5.13 Å². The second kappa shape index (κ2) is 7.27. The van der Waals surface area contributed by atoms with E-state index in [1.807, 2.05) is 37.4 Å². The number of nitrogens with zero attached hydrogens (tertiary/aromatic N) is 4. The van der Waals surface area contributed by atoms with Crippen LogP contribution in [0.15, 0.2) is 30.3 Å². The molecule has 2 aromatic rings. The molecular weight excluding hydrogens is 322 g/mol. The van der Waals surface area contributed by atoms with Crippen LogP contribution in [0, 0.1) is 5.92 Å². The van der Waals surface area contributed by atoms with Crippen LogP contribution in [0.3, 0.4) is 0 Å². The molecule has 1 fully saturated rings. The van der Waals surface area contributed by atoms with Crippen molar-refractivity contribution in [1.29, 1.82) is 0 Å². The summed E-state index contributed by atoms with van der Waals surface area (Å²) in [5.74, 6) is 1.10. The van der Waals surface area contributed by atoms with E-state index in [0.717, 1.165) is 25.1 Å². The van der Waals surface area contributed by atoms with Crippen LogP contribution in [-0.4, -0.2) is 58.4 Å². The molecule has 1 aliphatic rings. The van der Waals surface area contributed by atoms with Crippen LogP contribution in [0.4, 0.5) is 9.93 Å². The molecule has 0 spiro atoms. The molecule has 24 heavy (non-hydrogen) atoms. The van der Waals surface area contributed by atoms with Gasteiger partial charge in [-0.1, -0.05) is 37.3 Å². The Hall–Kier alpha value is -1.99. The van der Waals surface area contributed by atoms with Crippen LogP contribution in [0.2, 0.25) is 0 Å². The van der Waals surface area contributed by atoms with E-state index in [9.17, 15) is 4.79 Å². The lowest BCUT2D eigenvalue weighted by atomic mass is 9.93. The lowest BCUT2D eigenvalue weighted by molar-refractivity contribution is 0.113. The Morgan fingerprint density at radius 2 is 2.12 bits per heavy atom. The van der Waals surface area contributed by atoms with Crippen molar-refractivity contribution in [1.82, 2.24) is 19.2 Å². The van der Waals surface area contributed by atoms with Crippen molar-refractivity contribution in [3.05, 3.63) is 30.3 Å². The van der Waals surface area contributed by atoms with Crippen molar-refractivity contribution in [2.45, 2.75) is 19.4 Å². The molecule has 1 saturated heterocycles. The molecule has 0 radical (unpaired) electrons. The van der Waals surface area contributed by atoms with Gasteiger partial charge in [0.25, 0.3) is 0 Å². The van der Waals surface area contributed by atoms with Crippen molar-refractivity contribution in [2.24, 2.45) is 5.92 Å². The van der Waals surface area contributed by atoms with Gasteiger partial charge >= 0.3 is 6.03 Å². The van der Waals surface area contributed by atoms with Crippen LogP contribution in [0.1, 0.15) is 13.3 Å². The maximum Gasteiger partial charge on any atom is 0.323 e. The van der Waals surface area contributed by atoms with E-state index in [0.29, 0.717) is 16.9 Å². The second-order valence-corrected chi connectivity index (χ2v) is 7.18. The first-order valence-electron chi connectivity index (χ1n) is 8.16. The zero-order chi connectivity index (χ0) is 17.1. The predicted octanol–water partition coefficient (Wildman–Crippen LogP) is 3.01. The van der Waals surface area contributed by atoms with E-state index < -0.39 is 0 Å². The van der Waals surface area contributed by atoms with Crippen LogP contribution in [0.25, 0.3) is 11.4 Å². The summed E-state index contributed by atoms with van der Waals surface area (Å²) in [4.78, 5) is 21.1. The van der Waals surface area contributed by atoms with E-state index >= 15 is 0 Å². The molecule has 1 aromatic carbocycles. The number of aromatic nitrogens is 2. The molecule has 0 aliphatic carbocycles. The number of carbonyl (C=O) groups excluding carboxylic acids is 1. The fraction of sp³-hybridized carbons (Fsp3) is 0.471. The predicted molar refractivity (Wildman–Crippen MR) is 97.2 cm³/mol. The Bertz CT molecular complexity index is 689. The van der Waals surface area contributed by atoms with Crippen LogP contribution < -0.4 is 5.32 Å². The van der Waals surface area contributed by atoms with E-state index in [1.54, 1.807) is 4.90 Å². The molecule has 2 amide bonds. The highest BCUT2D eigenvalue weighted by atomic mass is 32.1. The largest absolute Gasteiger partial charge is 0.324 e. The molecule has 128 valence electrons. The number of piperidine rings is 1. The van der Waals surface area contributed by atoms with Crippen molar-refractivity contribution in [2.75, 3.05) is 32.5 Å². The highest BCUT2D eigenvalue weighted by molar-refractivity contribution is 7.10. The molecule has 2 heterocycles. The quantitative estimate of drug-likeness (QED) is 0.929. The Morgan fingerprint density at radius 1 is 1.38 bits per heavy atom. The third-order valence-electron chi connectivity index (χ3n) is 4.55. The number of hydrogen-bond acceptors (Lipinski definition) is 5. The fourth-order valence-corrected chi connectivity index (χ4v) is 3.81. The van der Waals surface area contributed by atoms with Gasteiger partial charge in [-0.3, -0.25) is 5.32 Å². The molecule has 1 aliphatic heterocycles. The SMILES string of the molecule is C[C@H]1CN(C)CC[C@H]1N(C)C(=O)Nc1nc(-c2ccccc2)ns1. The number of carbonyl (C=O) groups is 1. The molecule has 7 heteroatoms. The fourth-order valence-electron chi connectivity index (χ4n) is 3.23. The summed E-state index contributed by atoms with van der Waals surface area (Å²) in [6, 6.07) is 9.90. The van der Waals surface area contributed by atoms with Gasteiger partial charge in [-0.15, -0.1) is 0 Å². The number of benzene rings is 1. The molecule has 0 saturated carbocycles. The highest BCUT2D eigenvalue weighted by Gasteiger charge is 2.30. The van der Waals surface area contributed by atoms with Crippen molar-refractivity contribution in [3.8, 4) is 11.4 Å². The average Bonchev–Trinajstić information content (AvgIpc) is 3.03. The van der Waals surface area contributed by atoms with Crippen LogP contribution in [-0.2, 0) is 0 Å². The minimum absolute atomic E-state index is 0.118. The molecule has 1 N–H and O–H groups in total. The van der Waals surface area contributed by atoms with Crippen LogP contribution >= 0.6 is 11.5 Å². The van der Waals surface area contributed by atoms with Crippen molar-refractivity contribution in [3.63, 3.8) is 0 Å². The summed E-state index contributed by atoms with van der Waals surface area (Å²) in [5, 5.41) is 3.41. The summed E-state index contributed by atoms with van der Waals surface area (Å²) in [7, 11) is 3.99. The first-order valence-corrected chi connectivity index (χ1v) is 8.93. The lowest BCUT2D eigenvalue weighted by Gasteiger charge is -2.39. The van der Waals surface area contributed by atoms with Gasteiger partial charge in [0.1, 0.15) is 0 Å². The zero-order valence-electron chi connectivity index (χ0n) is 14.3. The minimum atomic E-state index is -0.118. The van der Waals surface area contributed by atoms with Crippen molar-refractivity contribution < 1.29 is 4.79 Å². The lowest BCUT2D eigenvalue weighted by Crippen LogP contribution is -2.50. The van der Waals surface area contributed by atoms with Gasteiger partial charge in [0.05, 0.1) is 0 Å². The Balaban J connectivity index is 1.63. The van der Waals surface area contributed by atoms with Crippen molar-refractivity contribution >= 4 is 22.7 Å². The molecule has 6 nitrogen and oxygen atoms in total. The van der Waals surface area contributed by atoms with Gasteiger partial charge in [-0.05, 0) is 25.9 Å². The Kier molecular flexibility index (Phi) is 5.11. The minimum Gasteiger partial charge on any atom is -0.324 e. The summed E-state index contributed by atoms with van der Waals surface area (Å²) >= 11 is 1.21. The number of nitrogens with one attached hydrogen (secondary N) is 1. The summed E-state index contributed by atoms with van der Waals surface area (Å²) in [6.45, 7) is 4.23. The zero-order valence-corrected chi connectivity index (χ0v) is 15.1. The number of urea groups is 1. The number of amides is 2. The van der Waals surface area contributed by atoms with Gasteiger partial charge in [-0.2, -0.15) is 9.36 Å². The first kappa shape index (κ1) is 16.9. The molecule has 2 atom stereocenters. The van der Waals surface area contributed by atoms with Gasteiger partial charge in [-0.25, -0.2) is 4.79 Å². The van der Waals surface area contributed by atoms with Gasteiger partial charge < -0.3 is 9.80 Å². The molecule has 1 aromatic heterocycles. The summed E-state index contributed by atoms with van der Waals surface area (Å²) in [6.07, 6.45) is 0.993. The summed E-state index contributed by atoms with van der Waals surface area (Å²) < 4.78 is 4.33. The summed E-state index contributed by atoms with van der Waals surface area (Å²) in [5.41, 5.74) is 0.951. The molecular formula is C17H23N5OS. The average molecular weight is 345 g/mol. The van der Waals surface area contributed by atoms with E-state index in [2.05, 4.69) is 33.5 Å². The van der Waals surface area contributed by atoms with Gasteiger partial charge in [0, 0.05) is 36.7 Å². The smallest absolute Gasteiger partial charge is 0.323 e. The number of hydrogen-bond donors (Lipinski definition) is 1. The van der Waals surface area contributed by atoms with Crippen LogP contribution in [0.5, 0.6) is 0 Å². The number of anilines is 1. The Morgan fingerprint density at radius 3 is 2.83 bits per heavy atom. The number of likely N-dealkylation sites (tertiary alicyclic amines) is 1. The normalized spacial score (nSPS) is 21.5. The van der Waals surface area contributed by atoms with E-state index in [-0.39, 0.29) is 12.1 Å². The third kappa shape index (κ3) is 3.73. The second-order valence-electron chi connectivity index (χ2n) is 6.43. The highest BCUT2D eigenvalue weighted by Crippen LogP contribution is 2.23. The standard InChI is InChI=1S/C17H23N5OS/c1-12-11-21(2)10-9-14(12)22(3)17(23)19-16-18-15(20-24-16)13-7-5-4-6-8-13/h4-8,12,14H,9-11H2,1-3H3,(H,18,19,20,23)/t12-,14+/m0/s1. The third-order valence-corrected chi connectivity index (χ3v) is 5.18. The topological polar surface area (TPSA) is 61.4 Å². The Labute approximate surface area is 146 Å². The molecule has 0 unspecified atom stereocenters. The maximum absolute atomic E-state index is 12.5. The monoisotopic (exact) mass is 345 g/mol. The molecule has 3 rings (SSSR count). The van der Waals surface area contributed by atoms with E-state index in [1.165, 1.54) is 11.5 Å². The van der Waals surface area contributed by atoms with E-state index in [4.69, 9.17) is 0 Å².